The van der Waals surface area contributed by atoms with Gasteiger partial charge >= 0.3 is 0 Å². The van der Waals surface area contributed by atoms with Crippen molar-refractivity contribution in [1.29, 1.82) is 0 Å². The first kappa shape index (κ1) is 13.5. The highest BCUT2D eigenvalue weighted by Gasteiger charge is 2.53. The topological polar surface area (TPSA) is 55.4 Å². The molecule has 4 nitrogen and oxygen atoms in total. The van der Waals surface area contributed by atoms with Gasteiger partial charge in [0.25, 0.3) is 0 Å². The second-order valence-corrected chi connectivity index (χ2v) is 5.63. The Labute approximate surface area is 108 Å². The highest BCUT2D eigenvalue weighted by atomic mass is 16.5. The van der Waals surface area contributed by atoms with Crippen LogP contribution in [0, 0.1) is 11.3 Å². The van der Waals surface area contributed by atoms with Crippen LogP contribution in [0.4, 0.5) is 0 Å². The van der Waals surface area contributed by atoms with Gasteiger partial charge in [-0.2, -0.15) is 0 Å². The van der Waals surface area contributed by atoms with Gasteiger partial charge in [-0.25, -0.2) is 0 Å². The minimum Gasteiger partial charge on any atom is -0.381 e. The molecule has 2 aliphatic rings. The van der Waals surface area contributed by atoms with Gasteiger partial charge in [0.1, 0.15) is 0 Å². The Morgan fingerprint density at radius 1 is 1.39 bits per heavy atom. The summed E-state index contributed by atoms with van der Waals surface area (Å²) in [6.07, 6.45) is 6.45. The average Bonchev–Trinajstić information content (AvgIpc) is 2.34. The average molecular weight is 253 g/mol. The van der Waals surface area contributed by atoms with Gasteiger partial charge in [0, 0.05) is 24.9 Å². The molecule has 3 unspecified atom stereocenters. The number of rotatable bonds is 3. The lowest BCUT2D eigenvalue weighted by molar-refractivity contribution is -0.157. The molecule has 1 saturated carbocycles. The van der Waals surface area contributed by atoms with Crippen molar-refractivity contribution < 1.29 is 14.3 Å². The van der Waals surface area contributed by atoms with E-state index in [2.05, 4.69) is 12.2 Å². The molecule has 1 saturated heterocycles. The van der Waals surface area contributed by atoms with Crippen LogP contribution in [0.2, 0.25) is 0 Å². The quantitative estimate of drug-likeness (QED) is 0.783. The zero-order chi connectivity index (χ0) is 13.2. The highest BCUT2D eigenvalue weighted by molar-refractivity contribution is 5.99. The van der Waals surface area contributed by atoms with Gasteiger partial charge < -0.3 is 4.74 Å². The summed E-state index contributed by atoms with van der Waals surface area (Å²) in [5, 5.41) is 2.50. The summed E-state index contributed by atoms with van der Waals surface area (Å²) in [7, 11) is 1.71. The summed E-state index contributed by atoms with van der Waals surface area (Å²) in [4.78, 5) is 23.9. The van der Waals surface area contributed by atoms with Crippen molar-refractivity contribution in [2.24, 2.45) is 11.3 Å². The van der Waals surface area contributed by atoms with Crippen LogP contribution >= 0.6 is 0 Å². The summed E-state index contributed by atoms with van der Waals surface area (Å²) in [5.74, 6) is -0.279. The van der Waals surface area contributed by atoms with Crippen LogP contribution in [0.15, 0.2) is 0 Å². The molecule has 0 bridgehead atoms. The molecule has 1 aliphatic carbocycles. The Balaban J connectivity index is 2.33. The Morgan fingerprint density at radius 2 is 2.17 bits per heavy atom. The van der Waals surface area contributed by atoms with E-state index in [1.165, 1.54) is 0 Å². The van der Waals surface area contributed by atoms with Gasteiger partial charge in [0.05, 0.1) is 6.10 Å². The van der Waals surface area contributed by atoms with E-state index in [0.29, 0.717) is 6.42 Å². The minimum absolute atomic E-state index is 0.0535. The molecule has 3 atom stereocenters. The van der Waals surface area contributed by atoms with Crippen molar-refractivity contribution in [1.82, 2.24) is 5.32 Å². The van der Waals surface area contributed by atoms with E-state index in [4.69, 9.17) is 4.74 Å². The van der Waals surface area contributed by atoms with Crippen molar-refractivity contribution in [3.05, 3.63) is 0 Å². The largest absolute Gasteiger partial charge is 0.381 e. The molecular weight excluding hydrogens is 230 g/mol. The number of carbonyl (C=O) groups excluding carboxylic acids is 2. The van der Waals surface area contributed by atoms with Crippen LogP contribution in [-0.2, 0) is 14.3 Å². The zero-order valence-electron chi connectivity index (χ0n) is 11.3. The molecule has 2 rings (SSSR count). The van der Waals surface area contributed by atoms with Crippen LogP contribution in [-0.4, -0.2) is 25.0 Å². The number of hydrogen-bond donors (Lipinski definition) is 1. The van der Waals surface area contributed by atoms with E-state index in [0.717, 1.165) is 38.5 Å². The van der Waals surface area contributed by atoms with Crippen LogP contribution in [0.5, 0.6) is 0 Å². The van der Waals surface area contributed by atoms with E-state index < -0.39 is 0 Å². The number of ether oxygens (including phenoxy) is 1. The Morgan fingerprint density at radius 3 is 2.83 bits per heavy atom. The number of methoxy groups -OCH3 is 1. The molecular formula is C14H23NO3. The summed E-state index contributed by atoms with van der Waals surface area (Å²) in [6, 6.07) is 0. The van der Waals surface area contributed by atoms with Gasteiger partial charge in [-0.3, -0.25) is 14.9 Å². The van der Waals surface area contributed by atoms with Crippen LogP contribution in [0.1, 0.15) is 51.9 Å². The van der Waals surface area contributed by atoms with Crippen molar-refractivity contribution in [3.63, 3.8) is 0 Å². The molecule has 0 aromatic rings. The molecule has 102 valence electrons. The standard InChI is InChI=1S/C14H23NO3/c1-3-6-10-13(17)15-12(16)9-14(10)8-5-4-7-11(14)18-2/h10-11H,3-9H2,1-2H3,(H,15,16,17). The molecule has 2 amide bonds. The minimum atomic E-state index is -0.248. The monoisotopic (exact) mass is 253 g/mol. The Bertz CT molecular complexity index is 342. The fourth-order valence-electron chi connectivity index (χ4n) is 3.84. The third kappa shape index (κ3) is 2.18. The maximum Gasteiger partial charge on any atom is 0.230 e. The van der Waals surface area contributed by atoms with E-state index in [9.17, 15) is 9.59 Å². The maximum absolute atomic E-state index is 12.1. The Kier molecular flexibility index (Phi) is 4.05. The predicted molar refractivity (Wildman–Crippen MR) is 67.9 cm³/mol. The number of imide groups is 1. The molecule has 1 aliphatic heterocycles. The van der Waals surface area contributed by atoms with Crippen molar-refractivity contribution in [3.8, 4) is 0 Å². The smallest absolute Gasteiger partial charge is 0.230 e. The van der Waals surface area contributed by atoms with Gasteiger partial charge in [-0.15, -0.1) is 0 Å². The maximum atomic E-state index is 12.1. The number of carbonyl (C=O) groups is 2. The van der Waals surface area contributed by atoms with Gasteiger partial charge in [-0.1, -0.05) is 26.2 Å². The molecule has 1 N–H and O–H groups in total. The number of hydrogen-bond acceptors (Lipinski definition) is 3. The van der Waals surface area contributed by atoms with E-state index in [1.807, 2.05) is 0 Å². The zero-order valence-corrected chi connectivity index (χ0v) is 11.3. The van der Waals surface area contributed by atoms with Crippen molar-refractivity contribution in [2.45, 2.75) is 58.0 Å². The molecule has 1 spiro atoms. The molecule has 0 aromatic heterocycles. The lowest BCUT2D eigenvalue weighted by atomic mass is 9.59. The molecule has 4 heteroatoms. The number of piperidine rings is 1. The van der Waals surface area contributed by atoms with Crippen molar-refractivity contribution in [2.75, 3.05) is 7.11 Å². The Hall–Kier alpha value is -0.900. The summed E-state index contributed by atoms with van der Waals surface area (Å²) in [5.41, 5.74) is -0.248. The SMILES string of the molecule is CCCC1C(=O)NC(=O)CC12CCCCC2OC. The second-order valence-electron chi connectivity index (χ2n) is 5.63. The second kappa shape index (κ2) is 5.39. The first-order valence-electron chi connectivity index (χ1n) is 7.00. The summed E-state index contributed by atoms with van der Waals surface area (Å²) < 4.78 is 5.63. The van der Waals surface area contributed by atoms with Gasteiger partial charge in [-0.05, 0) is 19.3 Å². The lowest BCUT2D eigenvalue weighted by Gasteiger charge is -2.49. The first-order valence-corrected chi connectivity index (χ1v) is 7.00. The third-order valence-corrected chi connectivity index (χ3v) is 4.62. The molecule has 2 fully saturated rings. The van der Waals surface area contributed by atoms with E-state index >= 15 is 0 Å². The normalized spacial score (nSPS) is 36.8. The molecule has 1 heterocycles. The van der Waals surface area contributed by atoms with E-state index in [-0.39, 0.29) is 29.3 Å². The highest BCUT2D eigenvalue weighted by Crippen LogP contribution is 2.50. The van der Waals surface area contributed by atoms with Gasteiger partial charge in [0.15, 0.2) is 0 Å². The third-order valence-electron chi connectivity index (χ3n) is 4.62. The number of amides is 2. The molecule has 0 radical (unpaired) electrons. The molecule has 0 aromatic carbocycles. The molecule has 18 heavy (non-hydrogen) atoms. The fourth-order valence-corrected chi connectivity index (χ4v) is 3.84. The first-order chi connectivity index (χ1) is 8.64. The van der Waals surface area contributed by atoms with E-state index in [1.54, 1.807) is 7.11 Å². The predicted octanol–water partition coefficient (Wildman–Crippen LogP) is 2.02. The lowest BCUT2D eigenvalue weighted by Crippen LogP contribution is -2.58. The fraction of sp³-hybridized carbons (Fsp3) is 0.857. The number of nitrogens with one attached hydrogen (secondary N) is 1. The van der Waals surface area contributed by atoms with Crippen LogP contribution < -0.4 is 5.32 Å². The summed E-state index contributed by atoms with van der Waals surface area (Å²) in [6.45, 7) is 2.09. The van der Waals surface area contributed by atoms with Gasteiger partial charge in [0.2, 0.25) is 11.8 Å². The summed E-state index contributed by atoms with van der Waals surface area (Å²) >= 11 is 0. The van der Waals surface area contributed by atoms with Crippen LogP contribution in [0.25, 0.3) is 0 Å². The van der Waals surface area contributed by atoms with Crippen molar-refractivity contribution >= 4 is 11.8 Å². The van der Waals surface area contributed by atoms with Crippen LogP contribution in [0.3, 0.4) is 0 Å².